The predicted octanol–water partition coefficient (Wildman–Crippen LogP) is 2.11. The number of methoxy groups -OCH3 is 1. The fourth-order valence-electron chi connectivity index (χ4n) is 4.30. The molecule has 1 atom stereocenters. The lowest BCUT2D eigenvalue weighted by atomic mass is 9.93. The molecule has 0 bridgehead atoms. The molecule has 3 amide bonds. The van der Waals surface area contributed by atoms with Gasteiger partial charge in [0.2, 0.25) is 5.91 Å². The van der Waals surface area contributed by atoms with Gasteiger partial charge < -0.3 is 24.8 Å². The van der Waals surface area contributed by atoms with Gasteiger partial charge >= 0.3 is 0 Å². The molecule has 1 aromatic heterocycles. The monoisotopic (exact) mass is 453 g/mol. The van der Waals surface area contributed by atoms with Crippen molar-refractivity contribution in [3.8, 4) is 5.75 Å². The quantitative estimate of drug-likeness (QED) is 0.566. The van der Waals surface area contributed by atoms with Crippen LogP contribution >= 0.6 is 0 Å². The molecule has 0 saturated heterocycles. The van der Waals surface area contributed by atoms with Gasteiger partial charge in [-0.25, -0.2) is 4.98 Å². The molecule has 1 aliphatic carbocycles. The molecule has 1 aromatic carbocycles. The maximum Gasteiger partial charge on any atom is 0.274 e. The first kappa shape index (κ1) is 22.8. The lowest BCUT2D eigenvalue weighted by molar-refractivity contribution is -0.133. The summed E-state index contributed by atoms with van der Waals surface area (Å²) in [5.74, 6) is -0.151. The van der Waals surface area contributed by atoms with Gasteiger partial charge in [-0.15, -0.1) is 0 Å². The second-order valence-electron chi connectivity index (χ2n) is 8.89. The molecule has 33 heavy (non-hydrogen) atoms. The van der Waals surface area contributed by atoms with Gasteiger partial charge in [-0.2, -0.15) is 0 Å². The van der Waals surface area contributed by atoms with Gasteiger partial charge in [0.05, 0.1) is 20.0 Å². The summed E-state index contributed by atoms with van der Waals surface area (Å²) in [4.78, 5) is 45.5. The molecular weight excluding hydrogens is 422 g/mol. The summed E-state index contributed by atoms with van der Waals surface area (Å²) in [5, 5.41) is 5.82. The van der Waals surface area contributed by atoms with Crippen molar-refractivity contribution in [2.75, 3.05) is 13.7 Å². The van der Waals surface area contributed by atoms with E-state index in [1.165, 1.54) is 6.33 Å². The molecule has 1 fully saturated rings. The number of imidazole rings is 1. The summed E-state index contributed by atoms with van der Waals surface area (Å²) >= 11 is 0. The van der Waals surface area contributed by atoms with Crippen molar-refractivity contribution in [3.63, 3.8) is 0 Å². The molecule has 0 spiro atoms. The molecule has 2 N–H and O–H groups in total. The van der Waals surface area contributed by atoms with Crippen LogP contribution < -0.4 is 15.4 Å². The highest BCUT2D eigenvalue weighted by molar-refractivity contribution is 6.07. The third-order valence-corrected chi connectivity index (χ3v) is 6.31. The van der Waals surface area contributed by atoms with Crippen LogP contribution in [-0.4, -0.2) is 57.4 Å². The second-order valence-corrected chi connectivity index (χ2v) is 8.89. The lowest BCUT2D eigenvalue weighted by Gasteiger charge is -2.44. The van der Waals surface area contributed by atoms with Crippen LogP contribution in [0, 0.1) is 0 Å². The Balaban J connectivity index is 1.54. The van der Waals surface area contributed by atoms with Crippen LogP contribution in [0.1, 0.15) is 66.1 Å². The van der Waals surface area contributed by atoms with Gasteiger partial charge in [-0.05, 0) is 43.9 Å². The van der Waals surface area contributed by atoms with Crippen molar-refractivity contribution in [1.29, 1.82) is 0 Å². The van der Waals surface area contributed by atoms with Crippen molar-refractivity contribution in [2.24, 2.45) is 0 Å². The van der Waals surface area contributed by atoms with E-state index in [2.05, 4.69) is 15.6 Å². The molecule has 1 aliphatic heterocycles. The number of hydrogen-bond donors (Lipinski definition) is 2. The fraction of sp³-hybridized carbons (Fsp3) is 0.500. The number of fused-ring (bicyclic) bond motifs is 1. The smallest absolute Gasteiger partial charge is 0.274 e. The molecule has 9 heteroatoms. The lowest BCUT2D eigenvalue weighted by Crippen LogP contribution is -2.64. The zero-order chi connectivity index (χ0) is 23.6. The number of rotatable bonds is 9. The maximum absolute atomic E-state index is 13.6. The van der Waals surface area contributed by atoms with Crippen molar-refractivity contribution < 1.29 is 19.1 Å². The van der Waals surface area contributed by atoms with Gasteiger partial charge in [0, 0.05) is 19.1 Å². The minimum absolute atomic E-state index is 0.00566. The number of nitrogens with one attached hydrogen (secondary N) is 2. The molecule has 9 nitrogen and oxygen atoms in total. The van der Waals surface area contributed by atoms with E-state index in [-0.39, 0.29) is 41.7 Å². The number of ether oxygens (including phenoxy) is 1. The summed E-state index contributed by atoms with van der Waals surface area (Å²) < 4.78 is 6.82. The van der Waals surface area contributed by atoms with E-state index in [4.69, 9.17) is 4.74 Å². The minimum Gasteiger partial charge on any atom is -0.497 e. The van der Waals surface area contributed by atoms with Gasteiger partial charge in [-0.3, -0.25) is 14.4 Å². The van der Waals surface area contributed by atoms with Crippen LogP contribution in [0.15, 0.2) is 30.6 Å². The van der Waals surface area contributed by atoms with Gasteiger partial charge in [0.15, 0.2) is 5.69 Å². The van der Waals surface area contributed by atoms with Crippen LogP contribution in [0.2, 0.25) is 0 Å². The zero-order valence-corrected chi connectivity index (χ0v) is 19.4. The molecule has 1 saturated carbocycles. The SMILES string of the molecule is CCCCNC(=O)c1ncn2c1C(=O)N(C1CC1)[C@](C)(C(=O)NCc1ccc(OC)cc1)C2. The Kier molecular flexibility index (Phi) is 6.40. The number of aromatic nitrogens is 2. The Labute approximate surface area is 193 Å². The molecule has 2 aromatic rings. The summed E-state index contributed by atoms with van der Waals surface area (Å²) in [6.45, 7) is 4.95. The number of carbonyl (C=O) groups excluding carboxylic acids is 3. The van der Waals surface area contributed by atoms with E-state index in [0.29, 0.717) is 13.1 Å². The number of amides is 3. The first-order valence-electron chi connectivity index (χ1n) is 11.5. The van der Waals surface area contributed by atoms with Crippen LogP contribution in [0.4, 0.5) is 0 Å². The number of benzene rings is 1. The van der Waals surface area contributed by atoms with Crippen LogP contribution in [-0.2, 0) is 17.9 Å². The van der Waals surface area contributed by atoms with Gasteiger partial charge in [0.25, 0.3) is 11.8 Å². The maximum atomic E-state index is 13.6. The van der Waals surface area contributed by atoms with Crippen LogP contribution in [0.5, 0.6) is 5.75 Å². The largest absolute Gasteiger partial charge is 0.497 e. The second kappa shape index (κ2) is 9.25. The Morgan fingerprint density at radius 2 is 1.94 bits per heavy atom. The molecule has 0 radical (unpaired) electrons. The number of nitrogens with zero attached hydrogens (tertiary/aromatic N) is 3. The van der Waals surface area contributed by atoms with E-state index in [9.17, 15) is 14.4 Å². The average molecular weight is 454 g/mol. The van der Waals surface area contributed by atoms with Crippen LogP contribution in [0.3, 0.4) is 0 Å². The predicted molar refractivity (Wildman–Crippen MR) is 122 cm³/mol. The minimum atomic E-state index is -1.08. The molecule has 0 unspecified atom stereocenters. The normalized spacial score (nSPS) is 19.7. The summed E-state index contributed by atoms with van der Waals surface area (Å²) in [5.41, 5.74) is 0.245. The summed E-state index contributed by atoms with van der Waals surface area (Å²) in [6.07, 6.45) is 5.00. The topological polar surface area (TPSA) is 106 Å². The summed E-state index contributed by atoms with van der Waals surface area (Å²) in [6, 6.07) is 7.46. The third kappa shape index (κ3) is 4.44. The van der Waals surface area contributed by atoms with E-state index < -0.39 is 5.54 Å². The Hall–Kier alpha value is -3.36. The molecule has 2 heterocycles. The Morgan fingerprint density at radius 1 is 1.21 bits per heavy atom. The Bertz CT molecular complexity index is 1040. The fourth-order valence-corrected chi connectivity index (χ4v) is 4.30. The summed E-state index contributed by atoms with van der Waals surface area (Å²) in [7, 11) is 1.61. The highest BCUT2D eigenvalue weighted by atomic mass is 16.5. The first-order valence-corrected chi connectivity index (χ1v) is 11.5. The van der Waals surface area contributed by atoms with Crippen molar-refractivity contribution >= 4 is 17.7 Å². The van der Waals surface area contributed by atoms with Crippen molar-refractivity contribution in [3.05, 3.63) is 47.5 Å². The van der Waals surface area contributed by atoms with Crippen molar-refractivity contribution in [2.45, 2.75) is 64.2 Å². The number of unbranched alkanes of at least 4 members (excludes halogenated alkanes) is 1. The first-order chi connectivity index (χ1) is 15.9. The zero-order valence-electron chi connectivity index (χ0n) is 19.4. The van der Waals surface area contributed by atoms with Gasteiger partial charge in [-0.1, -0.05) is 25.5 Å². The number of hydrogen-bond acceptors (Lipinski definition) is 5. The standard InChI is InChI=1S/C24H31N5O4/c1-4-5-12-25-21(30)19-20-22(31)29(17-8-9-17)24(2,14-28(20)15-27-19)23(32)26-13-16-6-10-18(33-3)11-7-16/h6-7,10-11,15,17H,4-5,8-9,12-14H2,1-3H3,(H,25,30)(H,26,32)/t24-/m0/s1. The van der Waals surface area contributed by atoms with Crippen molar-refractivity contribution in [1.82, 2.24) is 25.1 Å². The molecular formula is C24H31N5O4. The van der Waals surface area contributed by atoms with E-state index in [1.807, 2.05) is 31.2 Å². The highest BCUT2D eigenvalue weighted by Gasteiger charge is 2.53. The van der Waals surface area contributed by atoms with Crippen LogP contribution in [0.25, 0.3) is 0 Å². The van der Waals surface area contributed by atoms with Gasteiger partial charge in [0.1, 0.15) is 17.0 Å². The Morgan fingerprint density at radius 3 is 2.58 bits per heavy atom. The van der Waals surface area contributed by atoms with E-state index in [0.717, 1.165) is 37.0 Å². The number of carbonyl (C=O) groups is 3. The average Bonchev–Trinajstić information content (AvgIpc) is 3.55. The molecule has 2 aliphatic rings. The molecule has 4 rings (SSSR count). The molecule has 176 valence electrons. The van der Waals surface area contributed by atoms with E-state index >= 15 is 0 Å². The third-order valence-electron chi connectivity index (χ3n) is 6.31. The van der Waals surface area contributed by atoms with E-state index in [1.54, 1.807) is 23.5 Å². The highest BCUT2D eigenvalue weighted by Crippen LogP contribution is 2.38.